The van der Waals surface area contributed by atoms with Gasteiger partial charge in [0.05, 0.1) is 0 Å². The van der Waals surface area contributed by atoms with Crippen molar-refractivity contribution in [2.24, 2.45) is 0 Å². The van der Waals surface area contributed by atoms with Crippen LogP contribution in [0.4, 0.5) is 4.79 Å². The molecule has 1 heterocycles. The van der Waals surface area contributed by atoms with Gasteiger partial charge in [-0.1, -0.05) is 57.2 Å². The van der Waals surface area contributed by atoms with Crippen molar-refractivity contribution in [3.8, 4) is 5.75 Å². The molecule has 2 aromatic carbocycles. The monoisotopic (exact) mass is 434 g/mol. The van der Waals surface area contributed by atoms with Crippen LogP contribution in [-0.4, -0.2) is 29.7 Å². The van der Waals surface area contributed by atoms with Crippen molar-refractivity contribution in [2.75, 3.05) is 13.1 Å². The fraction of sp³-hybridized carbons (Fsp3) is 0.429. The number of ether oxygens (including phenoxy) is 2. The number of hydrogen-bond donors (Lipinski definition) is 0. The normalized spacial score (nSPS) is 14.7. The molecule has 3 rings (SSSR count). The van der Waals surface area contributed by atoms with Crippen LogP contribution in [0.25, 0.3) is 5.57 Å². The van der Waals surface area contributed by atoms with Gasteiger partial charge >= 0.3 is 6.09 Å². The Balaban J connectivity index is 1.83. The Kier molecular flexibility index (Phi) is 7.02. The molecule has 0 bridgehead atoms. The second-order valence-electron chi connectivity index (χ2n) is 10.4. The Bertz CT molecular complexity index is 978. The number of benzene rings is 2. The maximum atomic E-state index is 12.4. The van der Waals surface area contributed by atoms with Gasteiger partial charge < -0.3 is 14.4 Å². The summed E-state index contributed by atoms with van der Waals surface area (Å²) < 4.78 is 11.7. The molecule has 2 aromatic rings. The molecular formula is C28H36NO3. The largest absolute Gasteiger partial charge is 0.489 e. The Morgan fingerprint density at radius 2 is 1.75 bits per heavy atom. The van der Waals surface area contributed by atoms with Crippen molar-refractivity contribution < 1.29 is 14.3 Å². The van der Waals surface area contributed by atoms with Gasteiger partial charge in [0.2, 0.25) is 0 Å². The number of rotatable bonds is 4. The zero-order valence-electron chi connectivity index (χ0n) is 20.3. The highest BCUT2D eigenvalue weighted by molar-refractivity contribution is 5.75. The number of nitrogens with zero attached hydrogens (tertiary/aromatic N) is 1. The summed E-state index contributed by atoms with van der Waals surface area (Å²) >= 11 is 0. The first-order valence-electron chi connectivity index (χ1n) is 11.3. The van der Waals surface area contributed by atoms with E-state index in [2.05, 4.69) is 58.0 Å². The highest BCUT2D eigenvalue weighted by Gasteiger charge is 2.27. The SMILES string of the molecule is [CH2]c1cc(C2=CCN(C(=O)OC(C)(C)C)CC2)c(C(C)(C)C)cc1OCc1ccccc1. The minimum atomic E-state index is -0.487. The molecule has 0 saturated carbocycles. The molecule has 4 nitrogen and oxygen atoms in total. The van der Waals surface area contributed by atoms with Crippen molar-refractivity contribution in [3.05, 3.63) is 77.7 Å². The highest BCUT2D eigenvalue weighted by atomic mass is 16.6. The van der Waals surface area contributed by atoms with E-state index < -0.39 is 5.60 Å². The van der Waals surface area contributed by atoms with Crippen molar-refractivity contribution in [3.63, 3.8) is 0 Å². The van der Waals surface area contributed by atoms with E-state index in [1.807, 2.05) is 39.0 Å². The number of amides is 1. The van der Waals surface area contributed by atoms with E-state index >= 15 is 0 Å². The van der Waals surface area contributed by atoms with Gasteiger partial charge in [0.25, 0.3) is 0 Å². The summed E-state index contributed by atoms with van der Waals surface area (Å²) in [5.41, 5.74) is 5.12. The lowest BCUT2D eigenvalue weighted by molar-refractivity contribution is 0.0270. The van der Waals surface area contributed by atoms with Gasteiger partial charge in [0.15, 0.2) is 0 Å². The fourth-order valence-electron chi connectivity index (χ4n) is 3.79. The van der Waals surface area contributed by atoms with Gasteiger partial charge in [0, 0.05) is 13.1 Å². The molecule has 1 aliphatic rings. The van der Waals surface area contributed by atoms with Gasteiger partial charge in [-0.3, -0.25) is 0 Å². The van der Waals surface area contributed by atoms with E-state index in [1.54, 1.807) is 4.90 Å². The predicted octanol–water partition coefficient (Wildman–Crippen LogP) is 6.77. The molecule has 0 saturated heterocycles. The molecule has 1 amide bonds. The summed E-state index contributed by atoms with van der Waals surface area (Å²) in [7, 11) is 0. The van der Waals surface area contributed by atoms with Gasteiger partial charge in [0.1, 0.15) is 18.0 Å². The average Bonchev–Trinajstić information content (AvgIpc) is 2.71. The summed E-state index contributed by atoms with van der Waals surface area (Å²) in [6.07, 6.45) is 2.67. The van der Waals surface area contributed by atoms with E-state index in [4.69, 9.17) is 9.47 Å². The standard InChI is InChI=1S/C28H36NO3/c1-20-17-23(22-13-15-29(16-14-22)26(30)32-28(5,6)7)24(27(2,3)4)18-25(20)31-19-21-11-9-8-10-12-21/h8-13,17-18H,1,14-16,19H2,2-7H3. The maximum Gasteiger partial charge on any atom is 0.410 e. The lowest BCUT2D eigenvalue weighted by Crippen LogP contribution is -2.39. The van der Waals surface area contributed by atoms with Gasteiger partial charge in [-0.25, -0.2) is 4.79 Å². The van der Waals surface area contributed by atoms with E-state index in [1.165, 1.54) is 16.7 Å². The van der Waals surface area contributed by atoms with Gasteiger partial charge in [-0.05, 0) is 79.5 Å². The third kappa shape index (κ3) is 6.15. The predicted molar refractivity (Wildman–Crippen MR) is 131 cm³/mol. The molecule has 0 unspecified atom stereocenters. The van der Waals surface area contributed by atoms with Crippen LogP contribution in [0.5, 0.6) is 5.75 Å². The summed E-state index contributed by atoms with van der Waals surface area (Å²) in [6, 6.07) is 14.4. The smallest absolute Gasteiger partial charge is 0.410 e. The summed E-state index contributed by atoms with van der Waals surface area (Å²) in [5.74, 6) is 0.814. The molecule has 32 heavy (non-hydrogen) atoms. The molecular weight excluding hydrogens is 398 g/mol. The van der Waals surface area contributed by atoms with E-state index in [0.717, 1.165) is 23.3 Å². The zero-order chi connectivity index (χ0) is 23.5. The maximum absolute atomic E-state index is 12.4. The van der Waals surface area contributed by atoms with Crippen molar-refractivity contribution in [2.45, 2.75) is 65.6 Å². The fourth-order valence-corrected chi connectivity index (χ4v) is 3.79. The molecule has 171 valence electrons. The van der Waals surface area contributed by atoms with Crippen LogP contribution in [0, 0.1) is 6.92 Å². The lowest BCUT2D eigenvalue weighted by atomic mass is 9.79. The molecule has 0 atom stereocenters. The van der Waals surface area contributed by atoms with Gasteiger partial charge in [-0.2, -0.15) is 0 Å². The van der Waals surface area contributed by atoms with Crippen LogP contribution in [0.15, 0.2) is 48.5 Å². The van der Waals surface area contributed by atoms with Crippen LogP contribution in [-0.2, 0) is 16.8 Å². The average molecular weight is 435 g/mol. The Morgan fingerprint density at radius 3 is 2.31 bits per heavy atom. The third-order valence-corrected chi connectivity index (χ3v) is 5.45. The zero-order valence-corrected chi connectivity index (χ0v) is 20.3. The summed E-state index contributed by atoms with van der Waals surface area (Å²) in [4.78, 5) is 14.2. The minimum Gasteiger partial charge on any atom is -0.489 e. The second kappa shape index (κ2) is 9.40. The third-order valence-electron chi connectivity index (χ3n) is 5.45. The summed E-state index contributed by atoms with van der Waals surface area (Å²) in [5, 5.41) is 0. The van der Waals surface area contributed by atoms with Crippen LogP contribution in [0.1, 0.15) is 70.2 Å². The van der Waals surface area contributed by atoms with E-state index in [9.17, 15) is 4.79 Å². The molecule has 1 aliphatic heterocycles. The van der Waals surface area contributed by atoms with Crippen molar-refractivity contribution in [1.29, 1.82) is 0 Å². The Morgan fingerprint density at radius 1 is 1.06 bits per heavy atom. The van der Waals surface area contributed by atoms with E-state index in [-0.39, 0.29) is 11.5 Å². The van der Waals surface area contributed by atoms with Crippen LogP contribution < -0.4 is 4.74 Å². The second-order valence-corrected chi connectivity index (χ2v) is 10.4. The quantitative estimate of drug-likeness (QED) is 0.533. The molecule has 0 spiro atoms. The molecule has 1 radical (unpaired) electrons. The Labute approximate surface area is 193 Å². The minimum absolute atomic E-state index is 0.0585. The number of hydrogen-bond acceptors (Lipinski definition) is 3. The molecule has 0 aromatic heterocycles. The molecule has 0 N–H and O–H groups in total. The molecule has 0 aliphatic carbocycles. The Hall–Kier alpha value is -2.75. The highest BCUT2D eigenvalue weighted by Crippen LogP contribution is 2.37. The lowest BCUT2D eigenvalue weighted by Gasteiger charge is -2.31. The first-order chi connectivity index (χ1) is 14.9. The first kappa shape index (κ1) is 23.9. The van der Waals surface area contributed by atoms with Gasteiger partial charge in [-0.15, -0.1) is 0 Å². The van der Waals surface area contributed by atoms with Crippen LogP contribution in [0.3, 0.4) is 0 Å². The number of carbonyl (C=O) groups excluding carboxylic acids is 1. The van der Waals surface area contributed by atoms with Crippen LogP contribution >= 0.6 is 0 Å². The van der Waals surface area contributed by atoms with Crippen molar-refractivity contribution in [1.82, 2.24) is 4.90 Å². The van der Waals surface area contributed by atoms with Crippen molar-refractivity contribution >= 4 is 11.7 Å². The first-order valence-corrected chi connectivity index (χ1v) is 11.3. The molecule has 0 fully saturated rings. The molecule has 4 heteroatoms. The summed E-state index contributed by atoms with van der Waals surface area (Å²) in [6.45, 7) is 18.3. The van der Waals surface area contributed by atoms with Crippen LogP contribution in [0.2, 0.25) is 0 Å². The topological polar surface area (TPSA) is 38.8 Å². The number of carbonyl (C=O) groups is 1. The van der Waals surface area contributed by atoms with E-state index in [0.29, 0.717) is 19.7 Å².